The van der Waals surface area contributed by atoms with E-state index in [0.717, 1.165) is 66.6 Å². The van der Waals surface area contributed by atoms with E-state index in [2.05, 4.69) is 69.0 Å². The van der Waals surface area contributed by atoms with E-state index in [1.54, 1.807) is 6.20 Å². The van der Waals surface area contributed by atoms with Crippen LogP contribution in [-0.2, 0) is 0 Å². The minimum atomic E-state index is 0.525. The van der Waals surface area contributed by atoms with E-state index >= 15 is 0 Å². The third kappa shape index (κ3) is 5.80. The Balaban J connectivity index is 1.33. The molecule has 5 rings (SSSR count). The van der Waals surface area contributed by atoms with Crippen molar-refractivity contribution in [2.24, 2.45) is 0 Å². The first-order valence-electron chi connectivity index (χ1n) is 12.2. The molecule has 1 saturated carbocycles. The summed E-state index contributed by atoms with van der Waals surface area (Å²) in [6.07, 6.45) is 7.94. The van der Waals surface area contributed by atoms with Gasteiger partial charge in [-0.3, -0.25) is 19.8 Å². The number of nitrogens with zero attached hydrogens (tertiary/aromatic N) is 5. The lowest BCUT2D eigenvalue weighted by Gasteiger charge is -2.36. The molecule has 2 fully saturated rings. The molecule has 3 aromatic rings. The molecular formula is C28H32N6. The molecule has 0 atom stereocenters. The van der Waals surface area contributed by atoms with Gasteiger partial charge in [0.05, 0.1) is 17.9 Å². The second-order valence-electron chi connectivity index (χ2n) is 9.43. The Bertz CT molecular complexity index is 1170. The van der Waals surface area contributed by atoms with Crippen LogP contribution in [0.3, 0.4) is 0 Å². The maximum atomic E-state index is 4.82. The minimum absolute atomic E-state index is 0.525. The number of nitrogens with one attached hydrogen (secondary N) is 1. The summed E-state index contributed by atoms with van der Waals surface area (Å²) in [5, 5.41) is 3.54. The van der Waals surface area contributed by atoms with E-state index in [1.807, 2.05) is 30.6 Å². The summed E-state index contributed by atoms with van der Waals surface area (Å²) in [4.78, 5) is 18.8. The van der Waals surface area contributed by atoms with Crippen LogP contribution < -0.4 is 5.32 Å². The smallest absolute Gasteiger partial charge is 0.127 e. The fourth-order valence-electron chi connectivity index (χ4n) is 4.21. The van der Waals surface area contributed by atoms with Gasteiger partial charge in [-0.2, -0.15) is 0 Å². The first-order chi connectivity index (χ1) is 16.6. The Hall–Kier alpha value is -3.27. The predicted molar refractivity (Wildman–Crippen MR) is 137 cm³/mol. The van der Waals surface area contributed by atoms with Gasteiger partial charge in [-0.1, -0.05) is 17.9 Å². The van der Waals surface area contributed by atoms with Gasteiger partial charge < -0.3 is 5.32 Å². The van der Waals surface area contributed by atoms with Gasteiger partial charge in [0, 0.05) is 68.0 Å². The lowest BCUT2D eigenvalue weighted by Crippen LogP contribution is -2.48. The fourth-order valence-corrected chi connectivity index (χ4v) is 4.21. The van der Waals surface area contributed by atoms with Gasteiger partial charge in [0.25, 0.3) is 0 Å². The van der Waals surface area contributed by atoms with Crippen LogP contribution in [0.15, 0.2) is 55.0 Å². The van der Waals surface area contributed by atoms with Crippen LogP contribution in [0.1, 0.15) is 32.3 Å². The zero-order chi connectivity index (χ0) is 23.3. The molecule has 34 heavy (non-hydrogen) atoms. The first-order valence-corrected chi connectivity index (χ1v) is 12.2. The van der Waals surface area contributed by atoms with E-state index in [4.69, 9.17) is 4.98 Å². The van der Waals surface area contributed by atoms with Gasteiger partial charge in [0.2, 0.25) is 0 Å². The molecule has 1 aliphatic heterocycles. The molecule has 0 radical (unpaired) electrons. The molecular weight excluding hydrogens is 420 g/mol. The maximum absolute atomic E-state index is 4.82. The highest BCUT2D eigenvalue weighted by atomic mass is 15.3. The largest absolute Gasteiger partial charge is 0.367 e. The van der Waals surface area contributed by atoms with Crippen LogP contribution in [0.25, 0.3) is 22.5 Å². The van der Waals surface area contributed by atoms with E-state index < -0.39 is 0 Å². The highest BCUT2D eigenvalue weighted by molar-refractivity contribution is 5.73. The Labute approximate surface area is 202 Å². The summed E-state index contributed by atoms with van der Waals surface area (Å²) in [6.45, 7) is 9.72. The lowest BCUT2D eigenvalue weighted by molar-refractivity contribution is 0.118. The molecule has 1 N–H and O–H groups in total. The molecule has 174 valence electrons. The van der Waals surface area contributed by atoms with E-state index in [1.165, 1.54) is 12.8 Å². The molecule has 0 spiro atoms. The molecule has 0 bridgehead atoms. The van der Waals surface area contributed by atoms with E-state index in [0.29, 0.717) is 12.1 Å². The summed E-state index contributed by atoms with van der Waals surface area (Å²) in [5.74, 6) is 7.57. The second kappa shape index (κ2) is 10.3. The zero-order valence-electron chi connectivity index (χ0n) is 20.0. The van der Waals surface area contributed by atoms with Gasteiger partial charge >= 0.3 is 0 Å². The Morgan fingerprint density at radius 3 is 2.59 bits per heavy atom. The van der Waals surface area contributed by atoms with Crippen LogP contribution in [0, 0.1) is 11.8 Å². The molecule has 0 unspecified atom stereocenters. The monoisotopic (exact) mass is 452 g/mol. The van der Waals surface area contributed by atoms with Gasteiger partial charge in [0.1, 0.15) is 5.82 Å². The van der Waals surface area contributed by atoms with E-state index in [9.17, 15) is 0 Å². The van der Waals surface area contributed by atoms with Crippen LogP contribution in [0.2, 0.25) is 0 Å². The highest BCUT2D eigenvalue weighted by Crippen LogP contribution is 2.30. The normalized spacial score (nSPS) is 16.8. The quantitative estimate of drug-likeness (QED) is 0.567. The van der Waals surface area contributed by atoms with Crippen LogP contribution in [-0.4, -0.2) is 69.6 Å². The number of piperazine rings is 1. The number of aromatic nitrogens is 3. The van der Waals surface area contributed by atoms with Crippen molar-refractivity contribution >= 4 is 5.82 Å². The number of pyridine rings is 3. The first kappa shape index (κ1) is 22.5. The SMILES string of the molecule is CC(C)N1CCN(CC#Cc2cncc(-c3cc(NC4CC4)nc(-c4ccccn4)c3)c2)CC1. The molecule has 0 aromatic carbocycles. The molecule has 1 aliphatic carbocycles. The van der Waals surface area contributed by atoms with Crippen molar-refractivity contribution in [3.8, 4) is 34.4 Å². The van der Waals surface area contributed by atoms with Crippen molar-refractivity contribution < 1.29 is 0 Å². The van der Waals surface area contributed by atoms with Crippen molar-refractivity contribution in [2.45, 2.75) is 38.8 Å². The number of hydrogen-bond donors (Lipinski definition) is 1. The molecule has 6 heteroatoms. The molecule has 1 saturated heterocycles. The summed E-state index contributed by atoms with van der Waals surface area (Å²) in [5.41, 5.74) is 4.77. The second-order valence-corrected chi connectivity index (χ2v) is 9.43. The van der Waals surface area contributed by atoms with Crippen molar-refractivity contribution in [2.75, 3.05) is 38.0 Å². The minimum Gasteiger partial charge on any atom is -0.367 e. The number of anilines is 1. The molecule has 2 aliphatic rings. The lowest BCUT2D eigenvalue weighted by atomic mass is 10.0. The van der Waals surface area contributed by atoms with Crippen molar-refractivity contribution in [1.29, 1.82) is 0 Å². The predicted octanol–water partition coefficient (Wildman–Crippen LogP) is 4.16. The maximum Gasteiger partial charge on any atom is 0.127 e. The molecule has 6 nitrogen and oxygen atoms in total. The van der Waals surface area contributed by atoms with Gasteiger partial charge in [0.15, 0.2) is 0 Å². The van der Waals surface area contributed by atoms with Gasteiger partial charge in [-0.25, -0.2) is 4.98 Å². The fraction of sp³-hybridized carbons (Fsp3) is 0.393. The zero-order valence-corrected chi connectivity index (χ0v) is 20.0. The van der Waals surface area contributed by atoms with Crippen LogP contribution in [0.5, 0.6) is 0 Å². The van der Waals surface area contributed by atoms with Gasteiger partial charge in [-0.05, 0) is 62.6 Å². The van der Waals surface area contributed by atoms with Crippen LogP contribution >= 0.6 is 0 Å². The average molecular weight is 453 g/mol. The average Bonchev–Trinajstić information content (AvgIpc) is 3.69. The standard InChI is InChI=1S/C28H32N6/c1-21(2)34-14-12-33(13-15-34)11-5-6-22-16-24(20-29-19-22)23-17-27(26-7-3-4-10-30-26)32-28(18-23)31-25-8-9-25/h3-4,7,10,16-21,25H,8-9,11-15H2,1-2H3,(H,31,32). The topological polar surface area (TPSA) is 57.2 Å². The Morgan fingerprint density at radius 2 is 1.85 bits per heavy atom. The van der Waals surface area contributed by atoms with Crippen molar-refractivity contribution in [3.63, 3.8) is 0 Å². The van der Waals surface area contributed by atoms with Gasteiger partial charge in [-0.15, -0.1) is 0 Å². The summed E-state index contributed by atoms with van der Waals surface area (Å²) in [6, 6.07) is 13.4. The Morgan fingerprint density at radius 1 is 1.00 bits per heavy atom. The Kier molecular flexibility index (Phi) is 6.84. The summed E-state index contributed by atoms with van der Waals surface area (Å²) in [7, 11) is 0. The highest BCUT2D eigenvalue weighted by Gasteiger charge is 2.22. The number of rotatable bonds is 6. The summed E-state index contributed by atoms with van der Waals surface area (Å²) >= 11 is 0. The van der Waals surface area contributed by atoms with Crippen LogP contribution in [0.4, 0.5) is 5.82 Å². The number of hydrogen-bond acceptors (Lipinski definition) is 6. The molecule has 0 amide bonds. The van der Waals surface area contributed by atoms with Crippen molar-refractivity contribution in [3.05, 3.63) is 60.6 Å². The van der Waals surface area contributed by atoms with E-state index in [-0.39, 0.29) is 0 Å². The molecule has 4 heterocycles. The third-order valence-electron chi connectivity index (χ3n) is 6.43. The van der Waals surface area contributed by atoms with Crippen molar-refractivity contribution in [1.82, 2.24) is 24.8 Å². The third-order valence-corrected chi connectivity index (χ3v) is 6.43. The summed E-state index contributed by atoms with van der Waals surface area (Å²) < 4.78 is 0. The molecule has 3 aromatic heterocycles.